The predicted molar refractivity (Wildman–Crippen MR) is 71.5 cm³/mol. The van der Waals surface area contributed by atoms with Gasteiger partial charge in [0.15, 0.2) is 0 Å². The van der Waals surface area contributed by atoms with Crippen molar-refractivity contribution in [1.82, 2.24) is 10.2 Å². The zero-order valence-electron chi connectivity index (χ0n) is 12.3. The number of amides is 2. The van der Waals surface area contributed by atoms with Crippen LogP contribution < -0.4 is 5.32 Å². The Morgan fingerprint density at radius 3 is 2.11 bits per heavy atom. The molecule has 0 aromatic rings. The van der Waals surface area contributed by atoms with Gasteiger partial charge in [-0.05, 0) is 33.6 Å². The van der Waals surface area contributed by atoms with E-state index < -0.39 is 11.5 Å². The molecule has 0 heterocycles. The average Bonchev–Trinajstić information content (AvgIpc) is 2.22. The van der Waals surface area contributed by atoms with Gasteiger partial charge in [-0.15, -0.1) is 0 Å². The summed E-state index contributed by atoms with van der Waals surface area (Å²) in [5.74, 6) is -0.642. The molecule has 0 aromatic carbocycles. The van der Waals surface area contributed by atoms with Gasteiger partial charge in [-0.1, -0.05) is 20.3 Å². The smallest absolute Gasteiger partial charge is 0.323 e. The molecule has 0 aliphatic heterocycles. The second kappa shape index (κ2) is 6.61. The van der Waals surface area contributed by atoms with Gasteiger partial charge in [0.25, 0.3) is 0 Å². The van der Waals surface area contributed by atoms with Crippen molar-refractivity contribution in [3.05, 3.63) is 0 Å². The maximum Gasteiger partial charge on any atom is 0.323 e. The summed E-state index contributed by atoms with van der Waals surface area (Å²) in [6.07, 6.45) is 0.968. The largest absolute Gasteiger partial charge is 0.480 e. The lowest BCUT2D eigenvalue weighted by Gasteiger charge is -2.35. The lowest BCUT2D eigenvalue weighted by molar-refractivity contribution is -0.138. The molecule has 2 unspecified atom stereocenters. The highest BCUT2D eigenvalue weighted by molar-refractivity contribution is 5.80. The van der Waals surface area contributed by atoms with Gasteiger partial charge in [0.2, 0.25) is 0 Å². The Hall–Kier alpha value is -1.26. The summed E-state index contributed by atoms with van der Waals surface area (Å²) in [5, 5.41) is 11.7. The maximum atomic E-state index is 12.1. The van der Waals surface area contributed by atoms with E-state index in [0.29, 0.717) is 5.92 Å². The van der Waals surface area contributed by atoms with Crippen LogP contribution in [-0.2, 0) is 4.79 Å². The quantitative estimate of drug-likeness (QED) is 0.795. The molecule has 106 valence electrons. The number of aliphatic carboxylic acids is 1. The Labute approximate surface area is 110 Å². The first kappa shape index (κ1) is 16.7. The molecule has 0 saturated heterocycles. The Balaban J connectivity index is 4.72. The van der Waals surface area contributed by atoms with Crippen molar-refractivity contribution in [3.8, 4) is 0 Å². The predicted octanol–water partition coefficient (Wildman–Crippen LogP) is 2.32. The Kier molecular flexibility index (Phi) is 6.15. The summed E-state index contributed by atoms with van der Waals surface area (Å²) < 4.78 is 0. The standard InChI is InChI=1S/C13H26N2O3/c1-7-9(2)10(3)14-12(18)15(8-11(16)17)13(4,5)6/h9-10H,7-8H2,1-6H3,(H,14,18)(H,16,17). The molecule has 5 heteroatoms. The van der Waals surface area contributed by atoms with Crippen LogP contribution in [0.2, 0.25) is 0 Å². The van der Waals surface area contributed by atoms with Crippen LogP contribution in [-0.4, -0.2) is 40.1 Å². The van der Waals surface area contributed by atoms with Crippen LogP contribution in [0.4, 0.5) is 4.79 Å². The van der Waals surface area contributed by atoms with Gasteiger partial charge < -0.3 is 15.3 Å². The number of urea groups is 1. The second-order valence-electron chi connectivity index (χ2n) is 5.77. The first-order chi connectivity index (χ1) is 8.09. The van der Waals surface area contributed by atoms with Crippen molar-refractivity contribution in [2.24, 2.45) is 5.92 Å². The van der Waals surface area contributed by atoms with E-state index in [2.05, 4.69) is 19.2 Å². The molecule has 0 rings (SSSR count). The first-order valence-electron chi connectivity index (χ1n) is 6.39. The van der Waals surface area contributed by atoms with Gasteiger partial charge >= 0.3 is 12.0 Å². The second-order valence-corrected chi connectivity index (χ2v) is 5.77. The zero-order chi connectivity index (χ0) is 14.5. The number of carbonyl (C=O) groups excluding carboxylic acids is 1. The SMILES string of the molecule is CCC(C)C(C)NC(=O)N(CC(=O)O)C(C)(C)C. The number of carbonyl (C=O) groups is 2. The van der Waals surface area contributed by atoms with E-state index in [9.17, 15) is 9.59 Å². The molecule has 0 aliphatic carbocycles. The molecule has 2 atom stereocenters. The molecule has 0 fully saturated rings. The lowest BCUT2D eigenvalue weighted by Crippen LogP contribution is -2.54. The number of hydrogen-bond acceptors (Lipinski definition) is 2. The fourth-order valence-electron chi connectivity index (χ4n) is 1.52. The summed E-state index contributed by atoms with van der Waals surface area (Å²) in [4.78, 5) is 24.3. The normalized spacial score (nSPS) is 14.8. The minimum Gasteiger partial charge on any atom is -0.480 e. The van der Waals surface area contributed by atoms with E-state index in [0.717, 1.165) is 6.42 Å². The van der Waals surface area contributed by atoms with Gasteiger partial charge in [0.1, 0.15) is 6.54 Å². The Bertz CT molecular complexity index is 297. The first-order valence-corrected chi connectivity index (χ1v) is 6.39. The highest BCUT2D eigenvalue weighted by Gasteiger charge is 2.29. The monoisotopic (exact) mass is 258 g/mol. The Morgan fingerprint density at radius 1 is 1.28 bits per heavy atom. The van der Waals surface area contributed by atoms with Crippen molar-refractivity contribution < 1.29 is 14.7 Å². The molecule has 18 heavy (non-hydrogen) atoms. The van der Waals surface area contributed by atoms with Crippen molar-refractivity contribution in [3.63, 3.8) is 0 Å². The molecular weight excluding hydrogens is 232 g/mol. The van der Waals surface area contributed by atoms with Crippen LogP contribution in [0.25, 0.3) is 0 Å². The van der Waals surface area contributed by atoms with Crippen LogP contribution in [0.15, 0.2) is 0 Å². The third-order valence-corrected chi connectivity index (χ3v) is 3.20. The van der Waals surface area contributed by atoms with Crippen molar-refractivity contribution in [2.45, 2.75) is 59.5 Å². The number of rotatable bonds is 5. The van der Waals surface area contributed by atoms with Crippen LogP contribution in [0.5, 0.6) is 0 Å². The average molecular weight is 258 g/mol. The minimum absolute atomic E-state index is 0.0288. The molecular formula is C13H26N2O3. The summed E-state index contributed by atoms with van der Waals surface area (Å²) in [6.45, 7) is 11.2. The van der Waals surface area contributed by atoms with E-state index in [1.807, 2.05) is 27.7 Å². The van der Waals surface area contributed by atoms with Gasteiger partial charge in [-0.25, -0.2) is 4.79 Å². The molecule has 2 amide bonds. The van der Waals surface area contributed by atoms with Gasteiger partial charge in [-0.3, -0.25) is 4.79 Å². The topological polar surface area (TPSA) is 69.6 Å². The fraction of sp³-hybridized carbons (Fsp3) is 0.846. The summed E-state index contributed by atoms with van der Waals surface area (Å²) in [5.41, 5.74) is -0.516. The van der Waals surface area contributed by atoms with Crippen LogP contribution in [0, 0.1) is 5.92 Å². The molecule has 0 radical (unpaired) electrons. The van der Waals surface area contributed by atoms with Gasteiger partial charge in [-0.2, -0.15) is 0 Å². The van der Waals surface area contributed by atoms with Crippen molar-refractivity contribution in [2.75, 3.05) is 6.54 Å². The number of carboxylic acids is 1. The third-order valence-electron chi connectivity index (χ3n) is 3.20. The molecule has 0 bridgehead atoms. The van der Waals surface area contributed by atoms with E-state index in [1.54, 1.807) is 0 Å². The van der Waals surface area contributed by atoms with Gasteiger partial charge in [0, 0.05) is 11.6 Å². The third kappa shape index (κ3) is 5.38. The van der Waals surface area contributed by atoms with E-state index >= 15 is 0 Å². The highest BCUT2D eigenvalue weighted by atomic mass is 16.4. The zero-order valence-corrected chi connectivity index (χ0v) is 12.3. The van der Waals surface area contributed by atoms with Crippen molar-refractivity contribution in [1.29, 1.82) is 0 Å². The molecule has 0 aromatic heterocycles. The fourth-order valence-corrected chi connectivity index (χ4v) is 1.52. The molecule has 5 nitrogen and oxygen atoms in total. The molecule has 0 saturated carbocycles. The molecule has 0 aliphatic rings. The maximum absolute atomic E-state index is 12.1. The van der Waals surface area contributed by atoms with Crippen LogP contribution in [0.3, 0.4) is 0 Å². The Morgan fingerprint density at radius 2 is 1.78 bits per heavy atom. The number of carboxylic acid groups (broad SMARTS) is 1. The summed E-state index contributed by atoms with van der Waals surface area (Å²) in [6, 6.07) is -0.293. The summed E-state index contributed by atoms with van der Waals surface area (Å²) in [7, 11) is 0. The van der Waals surface area contributed by atoms with E-state index in [1.165, 1.54) is 4.90 Å². The highest BCUT2D eigenvalue weighted by Crippen LogP contribution is 2.14. The molecule has 2 N–H and O–H groups in total. The van der Waals surface area contributed by atoms with Crippen molar-refractivity contribution >= 4 is 12.0 Å². The number of nitrogens with one attached hydrogen (secondary N) is 1. The van der Waals surface area contributed by atoms with Crippen LogP contribution >= 0.6 is 0 Å². The van der Waals surface area contributed by atoms with Crippen LogP contribution in [0.1, 0.15) is 48.0 Å². The number of nitrogens with zero attached hydrogens (tertiary/aromatic N) is 1. The number of hydrogen-bond donors (Lipinski definition) is 2. The minimum atomic E-state index is -1.00. The van der Waals surface area contributed by atoms with E-state index in [-0.39, 0.29) is 18.6 Å². The van der Waals surface area contributed by atoms with E-state index in [4.69, 9.17) is 5.11 Å². The lowest BCUT2D eigenvalue weighted by atomic mass is 10.0. The molecule has 0 spiro atoms. The summed E-state index contributed by atoms with van der Waals surface area (Å²) >= 11 is 0. The van der Waals surface area contributed by atoms with Gasteiger partial charge in [0.05, 0.1) is 0 Å².